The van der Waals surface area contributed by atoms with Gasteiger partial charge in [0.2, 0.25) is 6.10 Å². The average Bonchev–Trinajstić information content (AvgIpc) is 2.90. The smallest absolute Gasteiger partial charge is 0.430 e. The molecule has 0 radical (unpaired) electrons. The third-order valence-electron chi connectivity index (χ3n) is 3.57. The summed E-state index contributed by atoms with van der Waals surface area (Å²) < 4.78 is 14.7. The highest BCUT2D eigenvalue weighted by molar-refractivity contribution is 5.84. The van der Waals surface area contributed by atoms with Gasteiger partial charge in [0.25, 0.3) is 0 Å². The molecule has 0 aliphatic carbocycles. The van der Waals surface area contributed by atoms with Crippen LogP contribution in [-0.2, 0) is 25.6 Å². The Bertz CT molecular complexity index is 604. The van der Waals surface area contributed by atoms with Gasteiger partial charge in [0.15, 0.2) is 0 Å². The van der Waals surface area contributed by atoms with E-state index in [1.807, 2.05) is 30.3 Å². The molecule has 1 aromatic rings. The molecule has 0 spiro atoms. The predicted molar refractivity (Wildman–Crippen MR) is 82.5 cm³/mol. The Balaban J connectivity index is 1.99. The fraction of sp³-hybridized carbons (Fsp3) is 0.438. The van der Waals surface area contributed by atoms with E-state index < -0.39 is 30.3 Å². The number of nitrogens with zero attached hydrogens (tertiary/aromatic N) is 1. The van der Waals surface area contributed by atoms with E-state index in [1.165, 1.54) is 7.11 Å². The molecule has 1 aliphatic heterocycles. The second-order valence-corrected chi connectivity index (χ2v) is 5.61. The summed E-state index contributed by atoms with van der Waals surface area (Å²) in [6.45, 7) is 3.65. The molecule has 2 rings (SSSR count). The molecule has 1 N–H and O–H groups in total. The highest BCUT2D eigenvalue weighted by Gasteiger charge is 2.49. The van der Waals surface area contributed by atoms with Gasteiger partial charge in [0, 0.05) is 0 Å². The van der Waals surface area contributed by atoms with E-state index >= 15 is 0 Å². The standard InChI is InChI=1S/C16H20N2O6/c1-10(2)12-13(14(19)22-3)24-16(21)18(12)17-15(20)23-9-11-7-5-4-6-8-11/h4-8,10,12-13H,9H2,1-3H3,(H,17,20)/t12-,13+/m0/s1. The predicted octanol–water partition coefficient (Wildman–Crippen LogP) is 1.85. The number of hydrogen-bond acceptors (Lipinski definition) is 6. The van der Waals surface area contributed by atoms with Gasteiger partial charge in [-0.1, -0.05) is 44.2 Å². The van der Waals surface area contributed by atoms with Crippen LogP contribution >= 0.6 is 0 Å². The second kappa shape index (κ2) is 7.67. The fourth-order valence-corrected chi connectivity index (χ4v) is 2.42. The summed E-state index contributed by atoms with van der Waals surface area (Å²) in [7, 11) is 1.21. The Morgan fingerprint density at radius 2 is 1.96 bits per heavy atom. The number of carbonyl (C=O) groups excluding carboxylic acids is 3. The first kappa shape index (κ1) is 17.6. The summed E-state index contributed by atoms with van der Waals surface area (Å²) in [5.41, 5.74) is 3.14. The topological polar surface area (TPSA) is 94.2 Å². The minimum absolute atomic E-state index is 0.0579. The van der Waals surface area contributed by atoms with Crippen molar-refractivity contribution in [2.45, 2.75) is 32.6 Å². The van der Waals surface area contributed by atoms with Crippen molar-refractivity contribution in [3.05, 3.63) is 35.9 Å². The number of esters is 1. The minimum Gasteiger partial charge on any atom is -0.466 e. The van der Waals surface area contributed by atoms with Crippen LogP contribution < -0.4 is 5.43 Å². The molecule has 1 fully saturated rings. The van der Waals surface area contributed by atoms with Gasteiger partial charge in [-0.05, 0) is 11.5 Å². The molecule has 1 aliphatic rings. The Morgan fingerprint density at radius 3 is 2.54 bits per heavy atom. The van der Waals surface area contributed by atoms with Crippen molar-refractivity contribution < 1.29 is 28.6 Å². The Kier molecular flexibility index (Phi) is 5.62. The van der Waals surface area contributed by atoms with Crippen molar-refractivity contribution >= 4 is 18.2 Å². The van der Waals surface area contributed by atoms with Crippen molar-refractivity contribution in [1.82, 2.24) is 10.4 Å². The lowest BCUT2D eigenvalue weighted by atomic mass is 9.99. The average molecular weight is 336 g/mol. The molecule has 2 amide bonds. The van der Waals surface area contributed by atoms with Crippen LogP contribution in [0.25, 0.3) is 0 Å². The number of hydrogen-bond donors (Lipinski definition) is 1. The summed E-state index contributed by atoms with van der Waals surface area (Å²) in [5, 5.41) is 0.972. The monoisotopic (exact) mass is 336 g/mol. The van der Waals surface area contributed by atoms with Crippen molar-refractivity contribution in [1.29, 1.82) is 0 Å². The van der Waals surface area contributed by atoms with Gasteiger partial charge >= 0.3 is 18.2 Å². The maximum Gasteiger partial charge on any atom is 0.430 e. The van der Waals surface area contributed by atoms with E-state index in [0.29, 0.717) is 0 Å². The van der Waals surface area contributed by atoms with Crippen molar-refractivity contribution in [3.8, 4) is 0 Å². The Labute approximate surface area is 139 Å². The van der Waals surface area contributed by atoms with Gasteiger partial charge in [-0.25, -0.2) is 24.8 Å². The molecule has 1 saturated heterocycles. The number of amides is 2. The molecule has 8 heteroatoms. The Hall–Kier alpha value is -2.77. The van der Waals surface area contributed by atoms with Gasteiger partial charge in [-0.2, -0.15) is 0 Å². The molecule has 0 aromatic heterocycles. The molecule has 8 nitrogen and oxygen atoms in total. The van der Waals surface area contributed by atoms with Gasteiger partial charge in [0.05, 0.1) is 7.11 Å². The number of methoxy groups -OCH3 is 1. The normalized spacial score (nSPS) is 19.8. The van der Waals surface area contributed by atoms with E-state index in [-0.39, 0.29) is 12.5 Å². The van der Waals surface area contributed by atoms with Crippen LogP contribution in [0.5, 0.6) is 0 Å². The molecule has 0 saturated carbocycles. The lowest BCUT2D eigenvalue weighted by Gasteiger charge is -2.26. The van der Waals surface area contributed by atoms with Gasteiger partial charge in [-0.3, -0.25) is 0 Å². The van der Waals surface area contributed by atoms with Crippen LogP contribution in [0.15, 0.2) is 30.3 Å². The first-order valence-corrected chi connectivity index (χ1v) is 7.49. The Morgan fingerprint density at radius 1 is 1.29 bits per heavy atom. The number of ether oxygens (including phenoxy) is 3. The van der Waals surface area contributed by atoms with E-state index in [0.717, 1.165) is 10.6 Å². The molecule has 2 atom stereocenters. The minimum atomic E-state index is -1.10. The zero-order valence-electron chi connectivity index (χ0n) is 13.7. The fourth-order valence-electron chi connectivity index (χ4n) is 2.42. The first-order valence-electron chi connectivity index (χ1n) is 7.49. The molecule has 1 aromatic carbocycles. The first-order chi connectivity index (χ1) is 11.4. The summed E-state index contributed by atoms with van der Waals surface area (Å²) in [6.07, 6.45) is -2.75. The summed E-state index contributed by atoms with van der Waals surface area (Å²) in [4.78, 5) is 35.6. The van der Waals surface area contributed by atoms with E-state index in [1.54, 1.807) is 13.8 Å². The number of nitrogens with one attached hydrogen (secondary N) is 1. The van der Waals surface area contributed by atoms with Crippen LogP contribution in [-0.4, -0.2) is 42.4 Å². The van der Waals surface area contributed by atoms with Gasteiger partial charge in [-0.15, -0.1) is 0 Å². The maximum absolute atomic E-state index is 12.0. The van der Waals surface area contributed by atoms with E-state index in [2.05, 4.69) is 10.2 Å². The van der Waals surface area contributed by atoms with Crippen LogP contribution in [0.2, 0.25) is 0 Å². The molecule has 130 valence electrons. The van der Waals surface area contributed by atoms with Crippen molar-refractivity contribution in [3.63, 3.8) is 0 Å². The van der Waals surface area contributed by atoms with Crippen LogP contribution in [0.4, 0.5) is 9.59 Å². The van der Waals surface area contributed by atoms with Gasteiger partial charge < -0.3 is 14.2 Å². The number of cyclic esters (lactones) is 1. The SMILES string of the molecule is COC(=O)[C@@H]1OC(=O)N(NC(=O)OCc2ccccc2)[C@H]1C(C)C. The van der Waals surface area contributed by atoms with E-state index in [9.17, 15) is 14.4 Å². The van der Waals surface area contributed by atoms with Crippen LogP contribution in [0.1, 0.15) is 19.4 Å². The number of hydrazine groups is 1. The lowest BCUT2D eigenvalue weighted by Crippen LogP contribution is -2.52. The molecule has 0 unspecified atom stereocenters. The zero-order valence-corrected chi connectivity index (χ0v) is 13.7. The van der Waals surface area contributed by atoms with Crippen LogP contribution in [0.3, 0.4) is 0 Å². The third-order valence-corrected chi connectivity index (χ3v) is 3.57. The molecule has 0 bridgehead atoms. The zero-order chi connectivity index (χ0) is 17.7. The number of rotatable bonds is 5. The van der Waals surface area contributed by atoms with E-state index in [4.69, 9.17) is 9.47 Å². The summed E-state index contributed by atoms with van der Waals surface area (Å²) >= 11 is 0. The lowest BCUT2D eigenvalue weighted by molar-refractivity contribution is -0.150. The molecule has 1 heterocycles. The highest BCUT2D eigenvalue weighted by atomic mass is 16.6. The molecular formula is C16H20N2O6. The summed E-state index contributed by atoms with van der Waals surface area (Å²) in [6, 6.07) is 8.43. The molecular weight excluding hydrogens is 316 g/mol. The number of benzene rings is 1. The maximum atomic E-state index is 12.0. The second-order valence-electron chi connectivity index (χ2n) is 5.61. The third kappa shape index (κ3) is 3.95. The van der Waals surface area contributed by atoms with Gasteiger partial charge in [0.1, 0.15) is 12.6 Å². The quantitative estimate of drug-likeness (QED) is 0.651. The van der Waals surface area contributed by atoms with Crippen LogP contribution in [0, 0.1) is 5.92 Å². The number of carbonyl (C=O) groups is 3. The largest absolute Gasteiger partial charge is 0.466 e. The summed E-state index contributed by atoms with van der Waals surface area (Å²) in [5.74, 6) is -0.834. The van der Waals surface area contributed by atoms with Crippen molar-refractivity contribution in [2.75, 3.05) is 7.11 Å². The highest BCUT2D eigenvalue weighted by Crippen LogP contribution is 2.25. The van der Waals surface area contributed by atoms with Crippen molar-refractivity contribution in [2.24, 2.45) is 5.92 Å². The molecule has 24 heavy (non-hydrogen) atoms.